The third-order valence-corrected chi connectivity index (χ3v) is 3.37. The average Bonchev–Trinajstić information content (AvgIpc) is 2.54. The Morgan fingerprint density at radius 3 is 1.82 bits per heavy atom. The van der Waals surface area contributed by atoms with Crippen LogP contribution in [0.3, 0.4) is 0 Å². The maximum absolute atomic E-state index is 12.1. The van der Waals surface area contributed by atoms with E-state index in [1.54, 1.807) is 0 Å². The van der Waals surface area contributed by atoms with Crippen molar-refractivity contribution in [3.63, 3.8) is 0 Å². The topological polar surface area (TPSA) is 66.4 Å². The van der Waals surface area contributed by atoms with E-state index in [1.807, 2.05) is 60.7 Å². The fourth-order valence-corrected chi connectivity index (χ4v) is 2.28. The molecule has 2 rings (SSSR count). The minimum absolute atomic E-state index is 0.00869. The zero-order valence-electron chi connectivity index (χ0n) is 12.2. The van der Waals surface area contributed by atoms with Crippen LogP contribution in [0.1, 0.15) is 36.4 Å². The quantitative estimate of drug-likeness (QED) is 0.825. The third-order valence-electron chi connectivity index (χ3n) is 3.37. The second kappa shape index (κ2) is 7.98. The molecule has 0 aromatic heterocycles. The Hall–Kier alpha value is -2.62. The van der Waals surface area contributed by atoms with Gasteiger partial charge in [-0.25, -0.2) is 0 Å². The molecule has 0 aliphatic rings. The Kier molecular flexibility index (Phi) is 5.72. The molecule has 0 fully saturated rings. The Morgan fingerprint density at radius 2 is 1.36 bits per heavy atom. The lowest BCUT2D eigenvalue weighted by Crippen LogP contribution is -2.29. The molecule has 0 radical (unpaired) electrons. The molecule has 114 valence electrons. The van der Waals surface area contributed by atoms with Crippen LogP contribution < -0.4 is 5.32 Å². The van der Waals surface area contributed by atoms with Crippen molar-refractivity contribution in [2.24, 2.45) is 0 Å². The summed E-state index contributed by atoms with van der Waals surface area (Å²) in [6, 6.07) is 19.2. The van der Waals surface area contributed by atoms with Gasteiger partial charge in [-0.15, -0.1) is 0 Å². The number of carbonyl (C=O) groups excluding carboxylic acids is 1. The summed E-state index contributed by atoms with van der Waals surface area (Å²) in [4.78, 5) is 22.6. The van der Waals surface area contributed by atoms with Crippen molar-refractivity contribution in [1.82, 2.24) is 5.32 Å². The molecule has 0 atom stereocenters. The van der Waals surface area contributed by atoms with Crippen molar-refractivity contribution in [2.45, 2.75) is 25.3 Å². The van der Waals surface area contributed by atoms with Gasteiger partial charge in [0.15, 0.2) is 0 Å². The molecule has 0 spiro atoms. The van der Waals surface area contributed by atoms with E-state index in [9.17, 15) is 9.59 Å². The number of carboxylic acid groups (broad SMARTS) is 1. The summed E-state index contributed by atoms with van der Waals surface area (Å²) in [7, 11) is 0. The predicted octanol–water partition coefficient (Wildman–Crippen LogP) is 3.15. The zero-order chi connectivity index (χ0) is 15.8. The van der Waals surface area contributed by atoms with Gasteiger partial charge in [0.1, 0.15) is 0 Å². The molecule has 0 saturated heterocycles. The summed E-state index contributed by atoms with van der Waals surface area (Å²) in [6.07, 6.45) is 0.564. The number of benzene rings is 2. The van der Waals surface area contributed by atoms with Crippen LogP contribution >= 0.6 is 0 Å². The van der Waals surface area contributed by atoms with E-state index >= 15 is 0 Å². The van der Waals surface area contributed by atoms with Crippen molar-refractivity contribution in [2.75, 3.05) is 0 Å². The summed E-state index contributed by atoms with van der Waals surface area (Å²) in [5.74, 6) is -1.02. The lowest BCUT2D eigenvalue weighted by Gasteiger charge is -2.20. The van der Waals surface area contributed by atoms with Gasteiger partial charge < -0.3 is 10.4 Å². The first-order valence-corrected chi connectivity index (χ1v) is 7.28. The number of rotatable bonds is 7. The van der Waals surface area contributed by atoms with Crippen molar-refractivity contribution in [3.05, 3.63) is 71.8 Å². The Balaban J connectivity index is 2.09. The molecule has 4 heteroatoms. The SMILES string of the molecule is O=C(O)CCCC(=O)NC(c1ccccc1)c1ccccc1. The summed E-state index contributed by atoms with van der Waals surface area (Å²) in [6.45, 7) is 0. The van der Waals surface area contributed by atoms with Crippen LogP contribution in [0.5, 0.6) is 0 Å². The maximum Gasteiger partial charge on any atom is 0.303 e. The fourth-order valence-electron chi connectivity index (χ4n) is 2.28. The lowest BCUT2D eigenvalue weighted by molar-refractivity contribution is -0.137. The van der Waals surface area contributed by atoms with Crippen molar-refractivity contribution >= 4 is 11.9 Å². The van der Waals surface area contributed by atoms with Gasteiger partial charge in [-0.3, -0.25) is 9.59 Å². The van der Waals surface area contributed by atoms with E-state index < -0.39 is 5.97 Å². The molecule has 0 unspecified atom stereocenters. The monoisotopic (exact) mass is 297 g/mol. The highest BCUT2D eigenvalue weighted by molar-refractivity contribution is 5.77. The van der Waals surface area contributed by atoms with Crippen molar-refractivity contribution < 1.29 is 14.7 Å². The summed E-state index contributed by atoms with van der Waals surface area (Å²) >= 11 is 0. The van der Waals surface area contributed by atoms with Crippen LogP contribution in [0.15, 0.2) is 60.7 Å². The van der Waals surface area contributed by atoms with E-state index in [0.29, 0.717) is 6.42 Å². The van der Waals surface area contributed by atoms with E-state index in [1.165, 1.54) is 0 Å². The Bertz CT molecular complexity index is 571. The van der Waals surface area contributed by atoms with Crippen LogP contribution in [0.25, 0.3) is 0 Å². The molecule has 2 aromatic rings. The third kappa shape index (κ3) is 4.74. The molecule has 0 aliphatic carbocycles. The van der Waals surface area contributed by atoms with Gasteiger partial charge >= 0.3 is 5.97 Å². The molecular weight excluding hydrogens is 278 g/mol. The number of carboxylic acids is 1. The van der Waals surface area contributed by atoms with Gasteiger partial charge in [-0.05, 0) is 17.5 Å². The first kappa shape index (κ1) is 15.8. The van der Waals surface area contributed by atoms with E-state index in [-0.39, 0.29) is 24.8 Å². The van der Waals surface area contributed by atoms with Crippen LogP contribution in [0.4, 0.5) is 0 Å². The van der Waals surface area contributed by atoms with Gasteiger partial charge in [-0.1, -0.05) is 60.7 Å². The number of aliphatic carboxylic acids is 1. The minimum atomic E-state index is -0.879. The van der Waals surface area contributed by atoms with E-state index in [2.05, 4.69) is 5.32 Å². The summed E-state index contributed by atoms with van der Waals surface area (Å²) < 4.78 is 0. The number of hydrogen-bond donors (Lipinski definition) is 2. The van der Waals surface area contributed by atoms with E-state index in [0.717, 1.165) is 11.1 Å². The average molecular weight is 297 g/mol. The van der Waals surface area contributed by atoms with Gasteiger partial charge in [0, 0.05) is 12.8 Å². The molecule has 0 saturated carbocycles. The van der Waals surface area contributed by atoms with Gasteiger partial charge in [0.05, 0.1) is 6.04 Å². The fraction of sp³-hybridized carbons (Fsp3) is 0.222. The predicted molar refractivity (Wildman–Crippen MR) is 84.4 cm³/mol. The van der Waals surface area contributed by atoms with Crippen LogP contribution in [-0.2, 0) is 9.59 Å². The zero-order valence-corrected chi connectivity index (χ0v) is 12.2. The molecule has 22 heavy (non-hydrogen) atoms. The molecule has 0 bridgehead atoms. The highest BCUT2D eigenvalue weighted by Crippen LogP contribution is 2.21. The summed E-state index contributed by atoms with van der Waals surface area (Å²) in [5.41, 5.74) is 2.00. The Labute approximate surface area is 129 Å². The molecule has 2 aromatic carbocycles. The first-order chi connectivity index (χ1) is 10.7. The highest BCUT2D eigenvalue weighted by atomic mass is 16.4. The minimum Gasteiger partial charge on any atom is -0.481 e. The Morgan fingerprint density at radius 1 is 0.864 bits per heavy atom. The van der Waals surface area contributed by atoms with Gasteiger partial charge in [0.25, 0.3) is 0 Å². The summed E-state index contributed by atoms with van der Waals surface area (Å²) in [5, 5.41) is 11.6. The van der Waals surface area contributed by atoms with Crippen LogP contribution in [0, 0.1) is 0 Å². The molecule has 4 nitrogen and oxygen atoms in total. The number of nitrogens with one attached hydrogen (secondary N) is 1. The van der Waals surface area contributed by atoms with Gasteiger partial charge in [0.2, 0.25) is 5.91 Å². The second-order valence-electron chi connectivity index (χ2n) is 5.07. The second-order valence-corrected chi connectivity index (χ2v) is 5.07. The van der Waals surface area contributed by atoms with Gasteiger partial charge in [-0.2, -0.15) is 0 Å². The largest absolute Gasteiger partial charge is 0.481 e. The van der Waals surface area contributed by atoms with Crippen LogP contribution in [-0.4, -0.2) is 17.0 Å². The first-order valence-electron chi connectivity index (χ1n) is 7.28. The smallest absolute Gasteiger partial charge is 0.303 e. The normalized spacial score (nSPS) is 10.4. The molecule has 1 amide bonds. The highest BCUT2D eigenvalue weighted by Gasteiger charge is 2.16. The molecule has 0 heterocycles. The molecule has 0 aliphatic heterocycles. The number of hydrogen-bond acceptors (Lipinski definition) is 2. The van der Waals surface area contributed by atoms with Crippen molar-refractivity contribution in [3.8, 4) is 0 Å². The lowest BCUT2D eigenvalue weighted by atomic mass is 9.98. The molecule has 2 N–H and O–H groups in total. The molecular formula is C18H19NO3. The van der Waals surface area contributed by atoms with Crippen LogP contribution in [0.2, 0.25) is 0 Å². The number of amides is 1. The van der Waals surface area contributed by atoms with Crippen molar-refractivity contribution in [1.29, 1.82) is 0 Å². The maximum atomic E-state index is 12.1. The number of carbonyl (C=O) groups is 2. The standard InChI is InChI=1S/C18H19NO3/c20-16(12-7-13-17(21)22)19-18(14-8-3-1-4-9-14)15-10-5-2-6-11-15/h1-6,8-11,18H,7,12-13H2,(H,19,20)(H,21,22). The van der Waals surface area contributed by atoms with E-state index in [4.69, 9.17) is 5.11 Å².